The first kappa shape index (κ1) is 56.0. The molecule has 83 heavy (non-hydrogen) atoms. The average molecular weight is 1180 g/mol. The molecule has 8 aromatic rings. The Bertz CT molecular complexity index is 3790. The van der Waals surface area contributed by atoms with Gasteiger partial charge in [-0.15, -0.1) is 16.4 Å². The van der Waals surface area contributed by atoms with Gasteiger partial charge in [0.05, 0.1) is 53.4 Å². The number of nitrogens with zero attached hydrogens (tertiary/aromatic N) is 8. The van der Waals surface area contributed by atoms with Crippen LogP contribution < -0.4 is 30.7 Å². The standard InChI is InChI=1S/C61H60Cl2FN11O7S/c1-32(2)54(60(79)74-28-39(77)23-50(74)59(78)68-49(30-76)36-13-11-34(12-14-36)41-5-3-4-6-45(41)62)75-29-48(71-72-75)35-9-7-33(8-10-35)31-81-55-52(42-17-18-47(64)56-51(42)44(25-65)57(66)83-56)46(63)24-43-53(55)69-61(82-40-19-21-80-22-20-40)70-58(43)73-26-37-15-16-38(27-73)67-37/h3-14,17-18,24,29,32,37-40,49-50,54,67,76-77H,15-16,19-23,26-28,30-31,66H2,1-2H3,(H,68,78)/t37?,38?,39-,49+,50+,54+/m1/s1. The summed E-state index contributed by atoms with van der Waals surface area (Å²) in [6.45, 7) is 5.81. The second kappa shape index (κ2) is 23.6. The molecule has 0 aliphatic carbocycles. The van der Waals surface area contributed by atoms with E-state index in [4.69, 9.17) is 53.1 Å². The van der Waals surface area contributed by atoms with Crippen molar-refractivity contribution in [2.75, 3.05) is 50.1 Å². The maximum atomic E-state index is 15.6. The lowest BCUT2D eigenvalue weighted by Gasteiger charge is -2.34. The van der Waals surface area contributed by atoms with Crippen molar-refractivity contribution in [3.8, 4) is 51.3 Å². The number of hydrogen-bond acceptors (Lipinski definition) is 16. The maximum Gasteiger partial charge on any atom is 0.319 e. The van der Waals surface area contributed by atoms with Crippen LogP contribution in [-0.4, -0.2) is 122 Å². The molecule has 3 aromatic heterocycles. The Morgan fingerprint density at radius 2 is 1.69 bits per heavy atom. The molecule has 2 unspecified atom stereocenters. The number of nitriles is 1. The van der Waals surface area contributed by atoms with E-state index in [0.29, 0.717) is 94.2 Å². The number of aliphatic hydroxyl groups is 2. The third-order valence-electron chi connectivity index (χ3n) is 16.2. The zero-order valence-electron chi connectivity index (χ0n) is 45.5. The van der Waals surface area contributed by atoms with E-state index >= 15 is 4.39 Å². The average Bonchev–Trinajstić information content (AvgIpc) is 4.13. The molecule has 0 spiro atoms. The van der Waals surface area contributed by atoms with Crippen LogP contribution in [0.1, 0.15) is 74.7 Å². The van der Waals surface area contributed by atoms with E-state index in [0.717, 1.165) is 40.9 Å². The number of rotatable bonds is 16. The van der Waals surface area contributed by atoms with Gasteiger partial charge in [0.15, 0.2) is 5.75 Å². The zero-order valence-corrected chi connectivity index (χ0v) is 47.8. The van der Waals surface area contributed by atoms with Gasteiger partial charge in [-0.25, -0.2) is 9.07 Å². The molecular formula is C61H60Cl2FN11O7S. The quantitative estimate of drug-likeness (QED) is 0.0606. The molecule has 4 aliphatic heterocycles. The van der Waals surface area contributed by atoms with Crippen molar-refractivity contribution in [1.29, 1.82) is 5.26 Å². The second-order valence-corrected chi connectivity index (χ2v) is 23.9. The number of aliphatic hydroxyl groups excluding tert-OH is 2. The predicted molar refractivity (Wildman–Crippen MR) is 316 cm³/mol. The molecule has 2 amide bonds. The van der Waals surface area contributed by atoms with Gasteiger partial charge in [0.2, 0.25) is 11.8 Å². The highest BCUT2D eigenvalue weighted by atomic mass is 35.5. The van der Waals surface area contributed by atoms with Gasteiger partial charge in [0.1, 0.15) is 58.7 Å². The number of fused-ring (bicyclic) bond motifs is 4. The molecule has 0 radical (unpaired) electrons. The van der Waals surface area contributed by atoms with Crippen LogP contribution in [0.2, 0.25) is 10.0 Å². The van der Waals surface area contributed by atoms with Gasteiger partial charge in [-0.05, 0) is 59.2 Å². The Morgan fingerprint density at radius 1 is 0.952 bits per heavy atom. The number of carbonyl (C=O) groups is 2. The number of carbonyl (C=O) groups excluding carboxylic acids is 2. The fraction of sp³-hybridized carbons (Fsp3) is 0.361. The Labute approximate surface area is 491 Å². The smallest absolute Gasteiger partial charge is 0.319 e. The van der Waals surface area contributed by atoms with Crippen LogP contribution in [0.25, 0.3) is 54.5 Å². The zero-order chi connectivity index (χ0) is 57.6. The molecule has 4 fully saturated rings. The lowest BCUT2D eigenvalue weighted by molar-refractivity contribution is -0.142. The summed E-state index contributed by atoms with van der Waals surface area (Å²) in [4.78, 5) is 42.5. The minimum Gasteiger partial charge on any atom is -0.486 e. The van der Waals surface area contributed by atoms with Crippen molar-refractivity contribution in [2.45, 2.75) is 95.0 Å². The summed E-state index contributed by atoms with van der Waals surface area (Å²) in [5.41, 5.74) is 12.0. The molecule has 6 N–H and O–H groups in total. The van der Waals surface area contributed by atoms with Gasteiger partial charge in [-0.3, -0.25) is 9.59 Å². The molecule has 0 saturated carbocycles. The number of ether oxygens (including phenoxy) is 3. The summed E-state index contributed by atoms with van der Waals surface area (Å²) in [7, 11) is 0. The maximum absolute atomic E-state index is 15.6. The molecule has 6 atom stereocenters. The van der Waals surface area contributed by atoms with Crippen molar-refractivity contribution in [2.24, 2.45) is 5.92 Å². The number of halogens is 3. The molecule has 4 saturated heterocycles. The third-order valence-corrected chi connectivity index (χ3v) is 17.8. The number of hydrogen-bond donors (Lipinski definition) is 5. The number of amides is 2. The largest absolute Gasteiger partial charge is 0.486 e. The monoisotopic (exact) mass is 1180 g/mol. The van der Waals surface area contributed by atoms with Crippen molar-refractivity contribution in [3.05, 3.63) is 130 Å². The van der Waals surface area contributed by atoms with E-state index in [1.54, 1.807) is 12.3 Å². The van der Waals surface area contributed by atoms with Crippen LogP contribution in [0.5, 0.6) is 11.8 Å². The van der Waals surface area contributed by atoms with Crippen LogP contribution >= 0.6 is 34.5 Å². The lowest BCUT2D eigenvalue weighted by atomic mass is 9.96. The number of β-amino-alcohol motifs (C(OH)–C–C–N with tert-alkyl or cyclic N) is 1. The number of benzene rings is 5. The van der Waals surface area contributed by atoms with E-state index in [9.17, 15) is 25.1 Å². The summed E-state index contributed by atoms with van der Waals surface area (Å²) in [6, 6.07) is 27.3. The van der Waals surface area contributed by atoms with Crippen LogP contribution in [-0.2, 0) is 20.9 Å². The summed E-state index contributed by atoms with van der Waals surface area (Å²) in [5.74, 6) is -0.821. The lowest BCUT2D eigenvalue weighted by Crippen LogP contribution is -2.51. The van der Waals surface area contributed by atoms with Crippen molar-refractivity contribution < 1.29 is 38.4 Å². The van der Waals surface area contributed by atoms with Gasteiger partial charge < -0.3 is 50.6 Å². The highest BCUT2D eigenvalue weighted by Crippen LogP contribution is 2.50. The van der Waals surface area contributed by atoms with Crippen LogP contribution in [0.4, 0.5) is 15.2 Å². The molecule has 428 valence electrons. The Morgan fingerprint density at radius 3 is 2.40 bits per heavy atom. The number of thiophene rings is 1. The highest BCUT2D eigenvalue weighted by Gasteiger charge is 2.43. The fourth-order valence-corrected chi connectivity index (χ4v) is 13.5. The van der Waals surface area contributed by atoms with Gasteiger partial charge in [0.25, 0.3) is 0 Å². The SMILES string of the molecule is CC(C)[C@@H](C(=O)N1C[C@H](O)C[C@H]1C(=O)N[C@@H](CO)c1ccc(-c2ccccc2Cl)cc1)n1cc(-c2ccc(COc3c(-c4ccc(F)c5sc(N)c(C#N)c45)c(Cl)cc4c(N5CC6CCC(C5)N6)nc(OC5CCOCC5)nc34)cc2)nn1. The van der Waals surface area contributed by atoms with Crippen LogP contribution in [0, 0.1) is 23.1 Å². The van der Waals surface area contributed by atoms with Gasteiger partial charge in [0, 0.05) is 83.5 Å². The van der Waals surface area contributed by atoms with Crippen molar-refractivity contribution >= 4 is 78.2 Å². The minimum atomic E-state index is -1.01. The number of likely N-dealkylation sites (tertiary alicyclic amines) is 1. The van der Waals surface area contributed by atoms with Crippen LogP contribution in [0.15, 0.2) is 97.2 Å². The van der Waals surface area contributed by atoms with E-state index in [2.05, 4.69) is 31.9 Å². The van der Waals surface area contributed by atoms with Crippen LogP contribution in [0.3, 0.4) is 0 Å². The number of nitrogen functional groups attached to an aromatic ring is 1. The summed E-state index contributed by atoms with van der Waals surface area (Å²) < 4.78 is 36.5. The van der Waals surface area contributed by atoms with Gasteiger partial charge in [-0.1, -0.05) is 115 Å². The van der Waals surface area contributed by atoms with E-state index in [1.807, 2.05) is 92.7 Å². The topological polar surface area (TPSA) is 239 Å². The normalized spacial score (nSPS) is 19.8. The molecule has 2 bridgehead atoms. The van der Waals surface area contributed by atoms with Gasteiger partial charge >= 0.3 is 6.01 Å². The predicted octanol–water partition coefficient (Wildman–Crippen LogP) is 9.42. The first-order chi connectivity index (χ1) is 40.2. The Kier molecular flexibility index (Phi) is 16.0. The summed E-state index contributed by atoms with van der Waals surface area (Å²) in [5, 5.41) is 49.3. The summed E-state index contributed by atoms with van der Waals surface area (Å²) in [6.07, 6.45) is 3.98. The molecule has 5 aromatic carbocycles. The van der Waals surface area contributed by atoms with E-state index in [1.165, 1.54) is 15.6 Å². The number of aromatic nitrogens is 5. The number of nitrogens with one attached hydrogen (secondary N) is 2. The molecule has 7 heterocycles. The first-order valence-electron chi connectivity index (χ1n) is 27.8. The molecule has 18 nitrogen and oxygen atoms in total. The third kappa shape index (κ3) is 11.1. The number of nitrogens with two attached hydrogens (primary N) is 1. The van der Waals surface area contributed by atoms with E-state index < -0.39 is 48.5 Å². The number of piperazine rings is 1. The molecule has 22 heteroatoms. The van der Waals surface area contributed by atoms with E-state index in [-0.39, 0.29) is 75.7 Å². The fourth-order valence-electron chi connectivity index (χ4n) is 12.0. The first-order valence-corrected chi connectivity index (χ1v) is 29.4. The number of anilines is 2. The highest BCUT2D eigenvalue weighted by molar-refractivity contribution is 7.23. The molecule has 4 aliphatic rings. The Hall–Kier alpha value is -7.48. The summed E-state index contributed by atoms with van der Waals surface area (Å²) >= 11 is 14.9. The van der Waals surface area contributed by atoms with Crippen molar-refractivity contribution in [3.63, 3.8) is 0 Å². The van der Waals surface area contributed by atoms with Crippen molar-refractivity contribution in [1.82, 2.24) is 40.5 Å². The molecular weight excluding hydrogens is 1120 g/mol. The Balaban J connectivity index is 0.821. The minimum absolute atomic E-state index is 0.0131. The molecule has 12 rings (SSSR count). The van der Waals surface area contributed by atoms with Gasteiger partial charge in [-0.2, -0.15) is 15.2 Å². The second-order valence-electron chi connectivity index (χ2n) is 22.0.